The van der Waals surface area contributed by atoms with Crippen LogP contribution in [0.2, 0.25) is 0 Å². The van der Waals surface area contributed by atoms with Gasteiger partial charge in [-0.25, -0.2) is 13.6 Å². The molecule has 0 aliphatic heterocycles. The Kier molecular flexibility index (Phi) is 5.29. The lowest BCUT2D eigenvalue weighted by molar-refractivity contribution is -0.119. The fourth-order valence-corrected chi connectivity index (χ4v) is 2.71. The van der Waals surface area contributed by atoms with Gasteiger partial charge in [0.15, 0.2) is 0 Å². The molecule has 2 atom stereocenters. The van der Waals surface area contributed by atoms with Crippen LogP contribution in [0.4, 0.5) is 13.6 Å². The lowest BCUT2D eigenvalue weighted by Crippen LogP contribution is -2.39. The number of nitrogens with two attached hydrogens (primary N) is 1. The Balaban J connectivity index is 2.77. The topological polar surface area (TPSA) is 72.2 Å². The molecule has 4 nitrogen and oxygen atoms in total. The predicted molar refractivity (Wildman–Crippen MR) is 69.6 cm³/mol. The molecule has 1 aromatic rings. The molecule has 7 heteroatoms. The highest BCUT2D eigenvalue weighted by Crippen LogP contribution is 2.34. The van der Waals surface area contributed by atoms with E-state index < -0.39 is 34.1 Å². The number of benzene rings is 1. The molecule has 3 amide bonds. The fraction of sp³-hybridized carbons (Fsp3) is 0.333. The number of rotatable bonds is 4. The summed E-state index contributed by atoms with van der Waals surface area (Å²) in [6.07, 6.45) is 0. The third-order valence-corrected chi connectivity index (χ3v) is 3.70. The Hall–Kier alpha value is -1.63. The lowest BCUT2D eigenvalue weighted by Gasteiger charge is -2.17. The van der Waals surface area contributed by atoms with Crippen molar-refractivity contribution < 1.29 is 18.4 Å². The number of nitrogens with one attached hydrogen (secondary N) is 1. The average Bonchev–Trinajstić information content (AvgIpc) is 2.27. The summed E-state index contributed by atoms with van der Waals surface area (Å²) in [6, 6.07) is 2.63. The van der Waals surface area contributed by atoms with Crippen LogP contribution >= 0.6 is 11.8 Å². The average molecular weight is 288 g/mol. The van der Waals surface area contributed by atoms with E-state index in [9.17, 15) is 18.4 Å². The van der Waals surface area contributed by atoms with Gasteiger partial charge in [-0.1, -0.05) is 6.07 Å². The second-order valence-corrected chi connectivity index (χ2v) is 5.60. The van der Waals surface area contributed by atoms with Gasteiger partial charge in [-0.3, -0.25) is 10.1 Å². The summed E-state index contributed by atoms with van der Waals surface area (Å²) in [4.78, 5) is 22.0. The third-order valence-electron chi connectivity index (χ3n) is 2.43. The van der Waals surface area contributed by atoms with Crippen molar-refractivity contribution in [3.63, 3.8) is 0 Å². The number of amides is 3. The third kappa shape index (κ3) is 4.20. The number of hydrogen-bond donors (Lipinski definition) is 2. The van der Waals surface area contributed by atoms with Crippen molar-refractivity contribution in [2.24, 2.45) is 5.73 Å². The second kappa shape index (κ2) is 6.51. The predicted octanol–water partition coefficient (Wildman–Crippen LogP) is 2.34. The zero-order valence-electron chi connectivity index (χ0n) is 10.4. The highest BCUT2D eigenvalue weighted by atomic mass is 32.2. The minimum absolute atomic E-state index is 0.0915. The molecule has 1 aromatic carbocycles. The first-order valence-electron chi connectivity index (χ1n) is 5.52. The number of primary amides is 1. The molecular weight excluding hydrogens is 274 g/mol. The molecule has 0 spiro atoms. The molecule has 0 heterocycles. The van der Waals surface area contributed by atoms with E-state index in [0.717, 1.165) is 23.9 Å². The maximum absolute atomic E-state index is 13.5. The molecule has 104 valence electrons. The van der Waals surface area contributed by atoms with Crippen molar-refractivity contribution in [2.45, 2.75) is 24.3 Å². The Labute approximate surface area is 113 Å². The van der Waals surface area contributed by atoms with Gasteiger partial charge in [0.05, 0.1) is 5.25 Å². The number of halogens is 2. The maximum atomic E-state index is 13.5. The smallest absolute Gasteiger partial charge is 0.318 e. The van der Waals surface area contributed by atoms with Crippen LogP contribution < -0.4 is 11.1 Å². The molecular formula is C12H14F2N2O2S. The van der Waals surface area contributed by atoms with Crippen molar-refractivity contribution in [3.8, 4) is 0 Å². The van der Waals surface area contributed by atoms with Crippen molar-refractivity contribution in [1.29, 1.82) is 0 Å². The van der Waals surface area contributed by atoms with Crippen molar-refractivity contribution in [2.75, 3.05) is 0 Å². The monoisotopic (exact) mass is 288 g/mol. The summed E-state index contributed by atoms with van der Waals surface area (Å²) in [5.41, 5.74) is 4.73. The highest BCUT2D eigenvalue weighted by molar-refractivity contribution is 8.00. The van der Waals surface area contributed by atoms with Gasteiger partial charge in [-0.15, -0.1) is 11.8 Å². The summed E-state index contributed by atoms with van der Waals surface area (Å²) in [6.45, 7) is 3.11. The van der Waals surface area contributed by atoms with E-state index in [1.807, 2.05) is 5.32 Å². The van der Waals surface area contributed by atoms with E-state index in [-0.39, 0.29) is 5.56 Å². The molecule has 0 radical (unpaired) electrons. The van der Waals surface area contributed by atoms with E-state index in [1.165, 1.54) is 13.0 Å². The largest absolute Gasteiger partial charge is 0.351 e. The molecule has 0 saturated carbocycles. The van der Waals surface area contributed by atoms with E-state index in [4.69, 9.17) is 5.73 Å². The number of imide groups is 1. The molecule has 0 aliphatic rings. The van der Waals surface area contributed by atoms with Gasteiger partial charge in [0.25, 0.3) is 0 Å². The first-order valence-corrected chi connectivity index (χ1v) is 6.47. The Morgan fingerprint density at radius 3 is 2.26 bits per heavy atom. The molecule has 0 bridgehead atoms. The number of thioether (sulfide) groups is 1. The van der Waals surface area contributed by atoms with Gasteiger partial charge >= 0.3 is 6.03 Å². The zero-order chi connectivity index (χ0) is 14.6. The van der Waals surface area contributed by atoms with Gasteiger partial charge in [-0.2, -0.15) is 0 Å². The van der Waals surface area contributed by atoms with Gasteiger partial charge < -0.3 is 5.73 Å². The van der Waals surface area contributed by atoms with Crippen LogP contribution in [0.1, 0.15) is 24.7 Å². The normalized spacial score (nSPS) is 13.7. The second-order valence-electron chi connectivity index (χ2n) is 3.91. The Bertz CT molecular complexity index is 476. The first-order chi connectivity index (χ1) is 8.82. The number of carbonyl (C=O) groups excluding carboxylic acids is 2. The summed E-state index contributed by atoms with van der Waals surface area (Å²) in [5.74, 6) is -1.92. The molecule has 19 heavy (non-hydrogen) atoms. The van der Waals surface area contributed by atoms with E-state index in [1.54, 1.807) is 6.92 Å². The minimum Gasteiger partial charge on any atom is -0.351 e. The quantitative estimate of drug-likeness (QED) is 0.893. The molecule has 0 saturated heterocycles. The number of carbonyl (C=O) groups is 2. The molecule has 0 aliphatic carbocycles. The summed E-state index contributed by atoms with van der Waals surface area (Å²) in [5, 5.41) is 0.681. The van der Waals surface area contributed by atoms with E-state index >= 15 is 0 Å². The zero-order valence-corrected chi connectivity index (χ0v) is 11.3. The fourth-order valence-electron chi connectivity index (χ4n) is 1.56. The standard InChI is InChI=1S/C12H14F2N2O2S/c1-6(10-8(13)4-3-5-9(10)14)19-7(2)11(17)16-12(15)18/h3-7H,1-2H3,(H3,15,16,17,18)/t6-,7+/m0/s1. The number of urea groups is 1. The van der Waals surface area contributed by atoms with Gasteiger partial charge in [-0.05, 0) is 26.0 Å². The van der Waals surface area contributed by atoms with Crippen LogP contribution in [0.3, 0.4) is 0 Å². The minimum atomic E-state index is -0.956. The van der Waals surface area contributed by atoms with Crippen LogP contribution in [0.5, 0.6) is 0 Å². The first kappa shape index (κ1) is 15.4. The van der Waals surface area contributed by atoms with Crippen LogP contribution in [-0.4, -0.2) is 17.2 Å². The molecule has 3 N–H and O–H groups in total. The summed E-state index contributed by atoms with van der Waals surface area (Å²) >= 11 is 1.03. The summed E-state index contributed by atoms with van der Waals surface area (Å²) < 4.78 is 27.1. The maximum Gasteiger partial charge on any atom is 0.318 e. The SMILES string of the molecule is C[C@H](S[C@H](C)C(=O)NC(N)=O)c1c(F)cccc1F. The molecule has 0 fully saturated rings. The van der Waals surface area contributed by atoms with Crippen molar-refractivity contribution in [1.82, 2.24) is 5.32 Å². The van der Waals surface area contributed by atoms with Gasteiger partial charge in [0.2, 0.25) is 5.91 Å². The van der Waals surface area contributed by atoms with Crippen LogP contribution in [0.15, 0.2) is 18.2 Å². The number of hydrogen-bond acceptors (Lipinski definition) is 3. The van der Waals surface area contributed by atoms with Crippen LogP contribution in [0.25, 0.3) is 0 Å². The van der Waals surface area contributed by atoms with Crippen molar-refractivity contribution in [3.05, 3.63) is 35.4 Å². The Morgan fingerprint density at radius 1 is 1.26 bits per heavy atom. The lowest BCUT2D eigenvalue weighted by atomic mass is 10.1. The van der Waals surface area contributed by atoms with E-state index in [0.29, 0.717) is 0 Å². The highest BCUT2D eigenvalue weighted by Gasteiger charge is 2.22. The van der Waals surface area contributed by atoms with Crippen molar-refractivity contribution >= 4 is 23.7 Å². The van der Waals surface area contributed by atoms with Crippen LogP contribution in [-0.2, 0) is 4.79 Å². The van der Waals surface area contributed by atoms with E-state index in [2.05, 4.69) is 0 Å². The van der Waals surface area contributed by atoms with Crippen LogP contribution in [0, 0.1) is 11.6 Å². The van der Waals surface area contributed by atoms with Gasteiger partial charge in [0, 0.05) is 10.8 Å². The molecule has 0 unspecified atom stereocenters. The Morgan fingerprint density at radius 2 is 1.79 bits per heavy atom. The summed E-state index contributed by atoms with van der Waals surface area (Å²) in [7, 11) is 0. The molecule has 0 aromatic heterocycles. The van der Waals surface area contributed by atoms with Gasteiger partial charge in [0.1, 0.15) is 11.6 Å². The molecule has 1 rings (SSSR count).